The average molecular weight is 291 g/mol. The van der Waals surface area contributed by atoms with Crippen molar-refractivity contribution in [2.45, 2.75) is 45.1 Å². The molecule has 1 aliphatic rings. The molecule has 21 heavy (non-hydrogen) atoms. The van der Waals surface area contributed by atoms with E-state index in [1.54, 1.807) is 14.0 Å². The van der Waals surface area contributed by atoms with Crippen LogP contribution in [0.5, 0.6) is 5.75 Å². The molecule has 0 heterocycles. The summed E-state index contributed by atoms with van der Waals surface area (Å²) in [7, 11) is 1.69. The number of rotatable bonds is 6. The highest BCUT2D eigenvalue weighted by Gasteiger charge is 2.22. The zero-order valence-corrected chi connectivity index (χ0v) is 13.1. The first kappa shape index (κ1) is 15.8. The van der Waals surface area contributed by atoms with Gasteiger partial charge in [0.25, 0.3) is 0 Å². The predicted molar refractivity (Wildman–Crippen MR) is 82.8 cm³/mol. The Morgan fingerprint density at radius 2 is 2.29 bits per heavy atom. The van der Waals surface area contributed by atoms with Crippen LogP contribution in [0.1, 0.15) is 43.7 Å². The smallest absolute Gasteiger partial charge is 0.248 e. The Morgan fingerprint density at radius 1 is 1.48 bits per heavy atom. The molecule has 2 rings (SSSR count). The minimum atomic E-state index is -0.381. The Kier molecular flexibility index (Phi) is 5.62. The van der Waals surface area contributed by atoms with Crippen LogP contribution in [0.15, 0.2) is 18.2 Å². The molecule has 0 aliphatic heterocycles. The van der Waals surface area contributed by atoms with Gasteiger partial charge in [-0.25, -0.2) is 0 Å². The molecule has 0 fully saturated rings. The van der Waals surface area contributed by atoms with E-state index in [0.717, 1.165) is 25.0 Å². The molecule has 4 heteroatoms. The molecule has 0 aromatic heterocycles. The third-order valence-corrected chi connectivity index (χ3v) is 4.10. The Labute approximate surface area is 126 Å². The first-order chi connectivity index (χ1) is 10.2. The number of methoxy groups -OCH3 is 1. The molecule has 0 radical (unpaired) electrons. The van der Waals surface area contributed by atoms with E-state index in [9.17, 15) is 4.79 Å². The fraction of sp³-hybridized carbons (Fsp3) is 0.588. The van der Waals surface area contributed by atoms with Crippen LogP contribution in [-0.2, 0) is 16.0 Å². The lowest BCUT2D eigenvalue weighted by molar-refractivity contribution is -0.131. The minimum Gasteiger partial charge on any atom is -0.497 e. The van der Waals surface area contributed by atoms with E-state index in [-0.39, 0.29) is 12.0 Å². The van der Waals surface area contributed by atoms with E-state index in [1.807, 2.05) is 13.0 Å². The molecule has 4 nitrogen and oxygen atoms in total. The van der Waals surface area contributed by atoms with Gasteiger partial charge in [0.15, 0.2) is 0 Å². The van der Waals surface area contributed by atoms with Gasteiger partial charge in [0.2, 0.25) is 5.91 Å². The number of ether oxygens (including phenoxy) is 2. The Balaban J connectivity index is 1.98. The standard InChI is InChI=1S/C17H25NO3/c1-4-21-12(2)17(19)18-11-14-7-5-6-13-10-15(20-3)8-9-16(13)14/h8-10,12,14H,4-7,11H2,1-3H3,(H,18,19)/t12-,14-/m0/s1. The quantitative estimate of drug-likeness (QED) is 0.876. The molecule has 2 atom stereocenters. The van der Waals surface area contributed by atoms with Gasteiger partial charge in [0.1, 0.15) is 11.9 Å². The summed E-state index contributed by atoms with van der Waals surface area (Å²) in [4.78, 5) is 11.9. The van der Waals surface area contributed by atoms with Gasteiger partial charge in [0.05, 0.1) is 7.11 Å². The summed E-state index contributed by atoms with van der Waals surface area (Å²) in [5.41, 5.74) is 2.68. The number of hydrogen-bond acceptors (Lipinski definition) is 3. The number of nitrogens with one attached hydrogen (secondary N) is 1. The van der Waals surface area contributed by atoms with Crippen LogP contribution in [0.3, 0.4) is 0 Å². The average Bonchev–Trinajstić information content (AvgIpc) is 2.52. The molecule has 0 bridgehead atoms. The van der Waals surface area contributed by atoms with Crippen LogP contribution in [0.25, 0.3) is 0 Å². The van der Waals surface area contributed by atoms with Gasteiger partial charge in [-0.15, -0.1) is 0 Å². The Morgan fingerprint density at radius 3 is 3.00 bits per heavy atom. The molecule has 0 spiro atoms. The monoisotopic (exact) mass is 291 g/mol. The molecule has 1 N–H and O–H groups in total. The maximum atomic E-state index is 11.9. The van der Waals surface area contributed by atoms with E-state index < -0.39 is 0 Å². The number of carbonyl (C=O) groups excluding carboxylic acids is 1. The van der Waals surface area contributed by atoms with Crippen LogP contribution in [0.4, 0.5) is 0 Å². The molecule has 1 aliphatic carbocycles. The second-order valence-electron chi connectivity index (χ2n) is 5.50. The number of aryl methyl sites for hydroxylation is 1. The van der Waals surface area contributed by atoms with Gasteiger partial charge in [-0.05, 0) is 56.4 Å². The number of fused-ring (bicyclic) bond motifs is 1. The van der Waals surface area contributed by atoms with Gasteiger partial charge in [-0.2, -0.15) is 0 Å². The molecule has 0 unspecified atom stereocenters. The normalized spacial score (nSPS) is 18.7. The van der Waals surface area contributed by atoms with Crippen LogP contribution >= 0.6 is 0 Å². The zero-order valence-electron chi connectivity index (χ0n) is 13.1. The zero-order chi connectivity index (χ0) is 15.2. The van der Waals surface area contributed by atoms with Gasteiger partial charge in [-0.3, -0.25) is 4.79 Å². The lowest BCUT2D eigenvalue weighted by Gasteiger charge is -2.26. The third kappa shape index (κ3) is 3.97. The predicted octanol–water partition coefficient (Wildman–Crippen LogP) is 2.66. The summed E-state index contributed by atoms with van der Waals surface area (Å²) in [5.74, 6) is 1.26. The van der Waals surface area contributed by atoms with E-state index in [1.165, 1.54) is 11.1 Å². The summed E-state index contributed by atoms with van der Waals surface area (Å²) >= 11 is 0. The van der Waals surface area contributed by atoms with Crippen molar-refractivity contribution < 1.29 is 14.3 Å². The molecular weight excluding hydrogens is 266 g/mol. The fourth-order valence-electron chi connectivity index (χ4n) is 2.92. The van der Waals surface area contributed by atoms with E-state index in [2.05, 4.69) is 17.4 Å². The van der Waals surface area contributed by atoms with Gasteiger partial charge in [0, 0.05) is 19.1 Å². The summed E-state index contributed by atoms with van der Waals surface area (Å²) in [6.45, 7) is 4.92. The Bertz CT molecular complexity index is 487. The highest BCUT2D eigenvalue weighted by atomic mass is 16.5. The van der Waals surface area contributed by atoms with Crippen molar-refractivity contribution >= 4 is 5.91 Å². The van der Waals surface area contributed by atoms with Crippen molar-refractivity contribution in [3.8, 4) is 5.75 Å². The number of benzene rings is 1. The minimum absolute atomic E-state index is 0.0301. The first-order valence-corrected chi connectivity index (χ1v) is 7.71. The van der Waals surface area contributed by atoms with Crippen LogP contribution in [0.2, 0.25) is 0 Å². The first-order valence-electron chi connectivity index (χ1n) is 7.71. The van der Waals surface area contributed by atoms with Crippen LogP contribution in [-0.4, -0.2) is 32.3 Å². The highest BCUT2D eigenvalue weighted by molar-refractivity contribution is 5.80. The lowest BCUT2D eigenvalue weighted by Crippen LogP contribution is -2.37. The number of amides is 1. The van der Waals surface area contributed by atoms with Gasteiger partial charge < -0.3 is 14.8 Å². The summed E-state index contributed by atoms with van der Waals surface area (Å²) in [6, 6.07) is 6.25. The van der Waals surface area contributed by atoms with Crippen LogP contribution in [0, 0.1) is 0 Å². The maximum Gasteiger partial charge on any atom is 0.248 e. The number of carbonyl (C=O) groups is 1. The topological polar surface area (TPSA) is 47.6 Å². The van der Waals surface area contributed by atoms with E-state index in [0.29, 0.717) is 19.1 Å². The molecule has 116 valence electrons. The van der Waals surface area contributed by atoms with Crippen molar-refractivity contribution in [3.63, 3.8) is 0 Å². The van der Waals surface area contributed by atoms with Gasteiger partial charge in [-0.1, -0.05) is 6.07 Å². The molecule has 1 aromatic carbocycles. The fourth-order valence-corrected chi connectivity index (χ4v) is 2.92. The van der Waals surface area contributed by atoms with Gasteiger partial charge >= 0.3 is 0 Å². The van der Waals surface area contributed by atoms with Crippen LogP contribution < -0.4 is 10.1 Å². The van der Waals surface area contributed by atoms with E-state index >= 15 is 0 Å². The number of hydrogen-bond donors (Lipinski definition) is 1. The maximum absolute atomic E-state index is 11.9. The molecule has 1 amide bonds. The second-order valence-corrected chi connectivity index (χ2v) is 5.50. The second kappa shape index (κ2) is 7.46. The van der Waals surface area contributed by atoms with Crippen molar-refractivity contribution in [1.29, 1.82) is 0 Å². The lowest BCUT2D eigenvalue weighted by atomic mass is 9.82. The Hall–Kier alpha value is -1.55. The van der Waals surface area contributed by atoms with Crippen molar-refractivity contribution in [2.75, 3.05) is 20.3 Å². The van der Waals surface area contributed by atoms with Crippen molar-refractivity contribution in [3.05, 3.63) is 29.3 Å². The van der Waals surface area contributed by atoms with Crippen molar-refractivity contribution in [2.24, 2.45) is 0 Å². The SMILES string of the molecule is CCO[C@@H](C)C(=O)NC[C@@H]1CCCc2cc(OC)ccc21. The summed E-state index contributed by atoms with van der Waals surface area (Å²) in [6.07, 6.45) is 2.98. The molecule has 1 aromatic rings. The third-order valence-electron chi connectivity index (χ3n) is 4.10. The molecular formula is C17H25NO3. The molecule has 0 saturated carbocycles. The summed E-state index contributed by atoms with van der Waals surface area (Å²) < 4.78 is 10.6. The summed E-state index contributed by atoms with van der Waals surface area (Å²) in [5, 5.41) is 3.01. The van der Waals surface area contributed by atoms with Crippen molar-refractivity contribution in [1.82, 2.24) is 5.32 Å². The largest absolute Gasteiger partial charge is 0.497 e. The highest BCUT2D eigenvalue weighted by Crippen LogP contribution is 2.33. The van der Waals surface area contributed by atoms with E-state index in [4.69, 9.17) is 9.47 Å². The molecule has 0 saturated heterocycles.